The number of sulfonamides is 1. The number of rotatable bonds is 4. The maximum absolute atomic E-state index is 13.0. The third-order valence-electron chi connectivity index (χ3n) is 4.01. The predicted molar refractivity (Wildman–Crippen MR) is 96.0 cm³/mol. The summed E-state index contributed by atoms with van der Waals surface area (Å²) in [6, 6.07) is 7.23. The van der Waals surface area contributed by atoms with Gasteiger partial charge >= 0.3 is 0 Å². The average molecular weight is 362 g/mol. The van der Waals surface area contributed by atoms with Crippen molar-refractivity contribution in [2.24, 2.45) is 0 Å². The normalized spacial score (nSPS) is 11.7. The van der Waals surface area contributed by atoms with Crippen LogP contribution in [0, 0.1) is 27.7 Å². The highest BCUT2D eigenvalue weighted by molar-refractivity contribution is 7.93. The van der Waals surface area contributed by atoms with E-state index in [1.165, 1.54) is 17.5 Å². The topological polar surface area (TPSA) is 72.2 Å². The molecule has 0 amide bonds. The van der Waals surface area contributed by atoms with Crippen molar-refractivity contribution < 1.29 is 12.9 Å². The molecule has 0 aliphatic heterocycles. The highest BCUT2D eigenvalue weighted by Crippen LogP contribution is 2.39. The van der Waals surface area contributed by atoms with Crippen LogP contribution in [0.4, 0.5) is 5.69 Å². The lowest BCUT2D eigenvalue weighted by Crippen LogP contribution is -2.15. The molecule has 0 saturated carbocycles. The van der Waals surface area contributed by atoms with Crippen molar-refractivity contribution in [2.45, 2.75) is 32.6 Å². The fourth-order valence-electron chi connectivity index (χ4n) is 2.67. The second kappa shape index (κ2) is 6.07. The molecular formula is C17H18N2O3S2. The van der Waals surface area contributed by atoms with Gasteiger partial charge in [0.15, 0.2) is 5.76 Å². The number of benzene rings is 1. The lowest BCUT2D eigenvalue weighted by atomic mass is 10.1. The second-order valence-electron chi connectivity index (χ2n) is 5.65. The van der Waals surface area contributed by atoms with Crippen molar-refractivity contribution in [3.8, 4) is 11.3 Å². The smallest absolute Gasteiger partial charge is 0.263 e. The number of nitrogens with zero attached hydrogens (tertiary/aromatic N) is 1. The molecule has 0 aliphatic rings. The Labute approximate surface area is 145 Å². The zero-order chi connectivity index (χ0) is 17.5. The van der Waals surface area contributed by atoms with Crippen molar-refractivity contribution >= 4 is 27.0 Å². The molecule has 5 nitrogen and oxygen atoms in total. The highest BCUT2D eigenvalue weighted by atomic mass is 32.2. The lowest BCUT2D eigenvalue weighted by Gasteiger charge is -2.13. The Morgan fingerprint density at radius 2 is 1.83 bits per heavy atom. The van der Waals surface area contributed by atoms with E-state index in [9.17, 15) is 8.42 Å². The van der Waals surface area contributed by atoms with E-state index >= 15 is 0 Å². The van der Waals surface area contributed by atoms with Crippen molar-refractivity contribution in [3.63, 3.8) is 0 Å². The summed E-state index contributed by atoms with van der Waals surface area (Å²) in [7, 11) is -3.75. The Bertz CT molecular complexity index is 987. The van der Waals surface area contributed by atoms with E-state index in [1.54, 1.807) is 19.1 Å². The molecule has 126 valence electrons. The van der Waals surface area contributed by atoms with Crippen LogP contribution in [-0.2, 0) is 10.0 Å². The van der Waals surface area contributed by atoms with E-state index in [1.807, 2.05) is 32.9 Å². The van der Waals surface area contributed by atoms with Crippen LogP contribution in [0.15, 0.2) is 39.9 Å². The van der Waals surface area contributed by atoms with E-state index in [2.05, 4.69) is 9.88 Å². The van der Waals surface area contributed by atoms with Gasteiger partial charge in [-0.1, -0.05) is 17.3 Å². The van der Waals surface area contributed by atoms with Gasteiger partial charge in [0.25, 0.3) is 10.0 Å². The van der Waals surface area contributed by atoms with Gasteiger partial charge in [-0.15, -0.1) is 11.3 Å². The van der Waals surface area contributed by atoms with Gasteiger partial charge in [0.1, 0.15) is 4.90 Å². The number of hydrogen-bond acceptors (Lipinski definition) is 5. The van der Waals surface area contributed by atoms with Crippen molar-refractivity contribution in [2.75, 3.05) is 4.72 Å². The summed E-state index contributed by atoms with van der Waals surface area (Å²) in [5.41, 5.74) is 3.10. The second-order valence-corrected chi connectivity index (χ2v) is 8.70. The molecule has 0 spiro atoms. The monoisotopic (exact) mass is 362 g/mol. The molecule has 0 bridgehead atoms. The number of aromatic nitrogens is 1. The molecule has 2 aromatic heterocycles. The van der Waals surface area contributed by atoms with E-state index in [-0.39, 0.29) is 4.90 Å². The highest BCUT2D eigenvalue weighted by Gasteiger charge is 2.28. The molecular weight excluding hydrogens is 344 g/mol. The largest absolute Gasteiger partial charge is 0.356 e. The average Bonchev–Trinajstić information content (AvgIpc) is 3.11. The van der Waals surface area contributed by atoms with E-state index in [0.29, 0.717) is 17.0 Å². The standard InChI is InChI=1S/C17H18N2O3S2/c1-10-6-5-7-14(11(10)2)19-24(20,21)17-13(4)23-12(3)16(17)15-8-9-18-22-15/h5-9,19H,1-4H3. The fraction of sp³-hybridized carbons (Fsp3) is 0.235. The predicted octanol–water partition coefficient (Wildman–Crippen LogP) is 4.44. The number of anilines is 1. The Morgan fingerprint density at radius 3 is 2.50 bits per heavy atom. The third kappa shape index (κ3) is 2.85. The van der Waals surface area contributed by atoms with Crippen LogP contribution in [-0.4, -0.2) is 13.6 Å². The molecule has 2 heterocycles. The van der Waals surface area contributed by atoms with Gasteiger partial charge in [0, 0.05) is 15.8 Å². The maximum atomic E-state index is 13.0. The summed E-state index contributed by atoms with van der Waals surface area (Å²) in [6.07, 6.45) is 1.51. The van der Waals surface area contributed by atoms with E-state index < -0.39 is 10.0 Å². The summed E-state index contributed by atoms with van der Waals surface area (Å²) >= 11 is 1.43. The SMILES string of the molecule is Cc1cccc(NS(=O)(=O)c2c(C)sc(C)c2-c2ccno2)c1C. The number of hydrogen-bond donors (Lipinski definition) is 1. The Hall–Kier alpha value is -2.12. The fourth-order valence-corrected chi connectivity index (χ4v) is 5.67. The lowest BCUT2D eigenvalue weighted by molar-refractivity contribution is 0.431. The van der Waals surface area contributed by atoms with Gasteiger partial charge < -0.3 is 4.52 Å². The molecule has 0 fully saturated rings. The van der Waals surface area contributed by atoms with Crippen molar-refractivity contribution in [1.29, 1.82) is 0 Å². The molecule has 0 radical (unpaired) electrons. The Kier molecular flexibility index (Phi) is 4.23. The number of aryl methyl sites for hydroxylation is 3. The summed E-state index contributed by atoms with van der Waals surface area (Å²) in [6.45, 7) is 7.53. The van der Waals surface area contributed by atoms with E-state index in [4.69, 9.17) is 4.52 Å². The molecule has 3 aromatic rings. The van der Waals surface area contributed by atoms with Crippen LogP contribution < -0.4 is 4.72 Å². The van der Waals surface area contributed by atoms with Crippen LogP contribution in [0.5, 0.6) is 0 Å². The zero-order valence-electron chi connectivity index (χ0n) is 13.9. The maximum Gasteiger partial charge on any atom is 0.263 e. The summed E-state index contributed by atoms with van der Waals surface area (Å²) < 4.78 is 34.0. The van der Waals surface area contributed by atoms with Gasteiger partial charge in [-0.3, -0.25) is 4.72 Å². The van der Waals surface area contributed by atoms with Crippen molar-refractivity contribution in [3.05, 3.63) is 51.3 Å². The summed E-state index contributed by atoms with van der Waals surface area (Å²) in [5, 5.41) is 3.70. The van der Waals surface area contributed by atoms with Crippen LogP contribution in [0.2, 0.25) is 0 Å². The van der Waals surface area contributed by atoms with Crippen LogP contribution in [0.25, 0.3) is 11.3 Å². The van der Waals surface area contributed by atoms with Gasteiger partial charge in [-0.25, -0.2) is 8.42 Å². The molecule has 1 aromatic carbocycles. The first-order valence-corrected chi connectivity index (χ1v) is 9.71. The molecule has 7 heteroatoms. The first kappa shape index (κ1) is 16.7. The van der Waals surface area contributed by atoms with Crippen LogP contribution >= 0.6 is 11.3 Å². The number of nitrogens with one attached hydrogen (secondary N) is 1. The summed E-state index contributed by atoms with van der Waals surface area (Å²) in [5.74, 6) is 0.457. The Morgan fingerprint density at radius 1 is 1.08 bits per heavy atom. The minimum atomic E-state index is -3.75. The molecule has 0 unspecified atom stereocenters. The molecule has 0 saturated heterocycles. The van der Waals surface area contributed by atoms with Gasteiger partial charge in [-0.05, 0) is 44.9 Å². The number of thiophene rings is 1. The van der Waals surface area contributed by atoms with Crippen molar-refractivity contribution in [1.82, 2.24) is 5.16 Å². The van der Waals surface area contributed by atoms with E-state index in [0.717, 1.165) is 20.9 Å². The molecule has 24 heavy (non-hydrogen) atoms. The summed E-state index contributed by atoms with van der Waals surface area (Å²) in [4.78, 5) is 1.85. The van der Waals surface area contributed by atoms with Crippen LogP contribution in [0.3, 0.4) is 0 Å². The first-order chi connectivity index (χ1) is 11.3. The molecule has 0 aliphatic carbocycles. The van der Waals surface area contributed by atoms with Gasteiger partial charge in [0.2, 0.25) is 0 Å². The quantitative estimate of drug-likeness (QED) is 0.745. The molecule has 0 atom stereocenters. The zero-order valence-corrected chi connectivity index (χ0v) is 15.5. The first-order valence-electron chi connectivity index (χ1n) is 7.41. The third-order valence-corrected chi connectivity index (χ3v) is 6.69. The molecule has 3 rings (SSSR count). The van der Waals surface area contributed by atoms with Crippen LogP contribution in [0.1, 0.15) is 20.9 Å². The van der Waals surface area contributed by atoms with Gasteiger partial charge in [0.05, 0.1) is 17.4 Å². The minimum Gasteiger partial charge on any atom is -0.356 e. The van der Waals surface area contributed by atoms with Gasteiger partial charge in [-0.2, -0.15) is 0 Å². The Balaban J connectivity index is 2.13. The molecule has 1 N–H and O–H groups in total. The minimum absolute atomic E-state index is 0.252.